The number of rotatable bonds is 7. The molecule has 2 aromatic rings. The van der Waals surface area contributed by atoms with Crippen LogP contribution in [0.4, 0.5) is 4.39 Å². The highest BCUT2D eigenvalue weighted by Crippen LogP contribution is 2.20. The van der Waals surface area contributed by atoms with E-state index in [0.29, 0.717) is 30.2 Å². The topological polar surface area (TPSA) is 69.4 Å². The molecule has 0 saturated heterocycles. The molecule has 0 heterocycles. The summed E-state index contributed by atoms with van der Waals surface area (Å²) in [6, 6.07) is 12.4. The number of aliphatic imine (C=N–C) groups is 1. The first-order valence-electron chi connectivity index (χ1n) is 8.92. The van der Waals surface area contributed by atoms with E-state index in [1.807, 2.05) is 31.2 Å². The van der Waals surface area contributed by atoms with Crippen molar-refractivity contribution in [2.45, 2.75) is 33.4 Å². The normalized spacial score (nSPS) is 11.0. The lowest BCUT2D eigenvalue weighted by molar-refractivity contribution is 0.313. The van der Waals surface area contributed by atoms with E-state index in [4.69, 9.17) is 10.00 Å². The largest absolute Gasteiger partial charge is 0.493 e. The van der Waals surface area contributed by atoms with Crippen LogP contribution in [0.5, 0.6) is 5.75 Å². The van der Waals surface area contributed by atoms with E-state index in [9.17, 15) is 4.39 Å². The molecule has 0 aliphatic heterocycles. The van der Waals surface area contributed by atoms with Gasteiger partial charge in [0.15, 0.2) is 5.96 Å². The quantitative estimate of drug-likeness (QED) is 0.578. The second-order valence-electron chi connectivity index (χ2n) is 6.16. The van der Waals surface area contributed by atoms with Crippen LogP contribution < -0.4 is 15.4 Å². The van der Waals surface area contributed by atoms with Crippen molar-refractivity contribution < 1.29 is 9.13 Å². The van der Waals surface area contributed by atoms with Crippen molar-refractivity contribution >= 4 is 5.96 Å². The Morgan fingerprint density at radius 3 is 2.56 bits per heavy atom. The van der Waals surface area contributed by atoms with Crippen molar-refractivity contribution in [3.63, 3.8) is 0 Å². The zero-order valence-corrected chi connectivity index (χ0v) is 16.0. The lowest BCUT2D eigenvalue weighted by Gasteiger charge is -2.15. The Kier molecular flexibility index (Phi) is 7.63. The molecule has 0 radical (unpaired) electrons. The molecule has 6 heteroatoms. The summed E-state index contributed by atoms with van der Waals surface area (Å²) in [5, 5.41) is 15.2. The van der Waals surface area contributed by atoms with Gasteiger partial charge in [0.1, 0.15) is 11.6 Å². The van der Waals surface area contributed by atoms with E-state index in [0.717, 1.165) is 23.3 Å². The minimum absolute atomic E-state index is 0.230. The Labute approximate surface area is 159 Å². The summed E-state index contributed by atoms with van der Waals surface area (Å²) < 4.78 is 19.7. The smallest absolute Gasteiger partial charge is 0.191 e. The van der Waals surface area contributed by atoms with Gasteiger partial charge in [0, 0.05) is 31.3 Å². The van der Waals surface area contributed by atoms with Crippen molar-refractivity contribution in [2.75, 3.05) is 13.7 Å². The Morgan fingerprint density at radius 2 is 1.89 bits per heavy atom. The number of hydrogen-bond acceptors (Lipinski definition) is 3. The third-order valence-corrected chi connectivity index (χ3v) is 3.98. The first-order chi connectivity index (χ1) is 13.1. The van der Waals surface area contributed by atoms with Crippen LogP contribution in [0.1, 0.15) is 35.6 Å². The van der Waals surface area contributed by atoms with Crippen LogP contribution in [-0.4, -0.2) is 19.6 Å². The van der Waals surface area contributed by atoms with Crippen molar-refractivity contribution in [3.8, 4) is 11.8 Å². The lowest BCUT2D eigenvalue weighted by Crippen LogP contribution is -2.36. The number of guanidine groups is 1. The summed E-state index contributed by atoms with van der Waals surface area (Å²) in [4.78, 5) is 4.17. The van der Waals surface area contributed by atoms with E-state index in [-0.39, 0.29) is 12.4 Å². The SMILES string of the molecule is CCCOc1cc(C)ccc1CNC(=NC)NCc1cc(C#N)ccc1F. The molecule has 0 amide bonds. The standard InChI is InChI=1S/C21H25FN4O/c1-4-9-27-20-10-15(2)5-7-17(20)13-25-21(24-3)26-14-18-11-16(12-23)6-8-19(18)22/h5-8,10-11H,4,9,13-14H2,1-3H3,(H2,24,25,26). The number of ether oxygens (including phenoxy) is 1. The number of nitriles is 1. The second-order valence-corrected chi connectivity index (χ2v) is 6.16. The Morgan fingerprint density at radius 1 is 1.15 bits per heavy atom. The number of aryl methyl sites for hydroxylation is 1. The van der Waals surface area contributed by atoms with Crippen molar-refractivity contribution in [1.82, 2.24) is 10.6 Å². The average molecular weight is 368 g/mol. The third kappa shape index (κ3) is 6.00. The predicted octanol–water partition coefficient (Wildman–Crippen LogP) is 3.66. The maximum Gasteiger partial charge on any atom is 0.191 e. The molecule has 0 atom stereocenters. The molecule has 0 unspecified atom stereocenters. The fraction of sp³-hybridized carbons (Fsp3) is 0.333. The van der Waals surface area contributed by atoms with E-state index in [1.54, 1.807) is 7.05 Å². The molecule has 0 fully saturated rings. The number of nitrogens with one attached hydrogen (secondary N) is 2. The maximum atomic E-state index is 13.9. The summed E-state index contributed by atoms with van der Waals surface area (Å²) in [6.45, 7) is 5.52. The van der Waals surface area contributed by atoms with E-state index < -0.39 is 0 Å². The van der Waals surface area contributed by atoms with Crippen molar-refractivity contribution in [2.24, 2.45) is 4.99 Å². The van der Waals surface area contributed by atoms with Gasteiger partial charge in [0.25, 0.3) is 0 Å². The van der Waals surface area contributed by atoms with Crippen LogP contribution in [0, 0.1) is 24.1 Å². The highest BCUT2D eigenvalue weighted by atomic mass is 19.1. The van der Waals surface area contributed by atoms with Crippen LogP contribution in [0.25, 0.3) is 0 Å². The minimum Gasteiger partial charge on any atom is -0.493 e. The van der Waals surface area contributed by atoms with E-state index >= 15 is 0 Å². The van der Waals surface area contributed by atoms with Gasteiger partial charge < -0.3 is 15.4 Å². The second kappa shape index (κ2) is 10.2. The maximum absolute atomic E-state index is 13.9. The summed E-state index contributed by atoms with van der Waals surface area (Å²) in [5.74, 6) is 1.04. The Hall–Kier alpha value is -3.07. The minimum atomic E-state index is -0.356. The third-order valence-electron chi connectivity index (χ3n) is 3.98. The fourth-order valence-corrected chi connectivity index (χ4v) is 2.51. The first kappa shape index (κ1) is 20.2. The monoisotopic (exact) mass is 368 g/mol. The molecule has 2 N–H and O–H groups in total. The number of nitrogens with zero attached hydrogens (tertiary/aromatic N) is 2. The van der Waals surface area contributed by atoms with Crippen LogP contribution in [0.15, 0.2) is 41.4 Å². The van der Waals surface area contributed by atoms with Gasteiger partial charge in [-0.3, -0.25) is 4.99 Å². The summed E-state index contributed by atoms with van der Waals surface area (Å²) in [7, 11) is 1.65. The molecular formula is C21H25FN4O. The number of benzene rings is 2. The fourth-order valence-electron chi connectivity index (χ4n) is 2.51. The molecule has 2 aromatic carbocycles. The molecule has 0 aliphatic carbocycles. The Balaban J connectivity index is 1.99. The molecule has 0 spiro atoms. The van der Waals surface area contributed by atoms with Gasteiger partial charge >= 0.3 is 0 Å². The molecule has 27 heavy (non-hydrogen) atoms. The highest BCUT2D eigenvalue weighted by molar-refractivity contribution is 5.79. The van der Waals surface area contributed by atoms with E-state index in [1.165, 1.54) is 18.2 Å². The molecule has 142 valence electrons. The van der Waals surface area contributed by atoms with Gasteiger partial charge in [0.2, 0.25) is 0 Å². The first-order valence-corrected chi connectivity index (χ1v) is 8.92. The predicted molar refractivity (Wildman–Crippen MR) is 105 cm³/mol. The lowest BCUT2D eigenvalue weighted by atomic mass is 10.1. The number of hydrogen-bond donors (Lipinski definition) is 2. The zero-order chi connectivity index (χ0) is 19.6. The summed E-state index contributed by atoms with van der Waals surface area (Å²) >= 11 is 0. The van der Waals surface area contributed by atoms with Gasteiger partial charge in [-0.15, -0.1) is 0 Å². The molecule has 0 saturated carbocycles. The summed E-state index contributed by atoms with van der Waals surface area (Å²) in [5.41, 5.74) is 3.00. The molecule has 2 rings (SSSR count). The highest BCUT2D eigenvalue weighted by Gasteiger charge is 2.08. The van der Waals surface area contributed by atoms with Crippen LogP contribution in [-0.2, 0) is 13.1 Å². The van der Waals surface area contributed by atoms with Crippen LogP contribution in [0.3, 0.4) is 0 Å². The molecule has 0 aliphatic rings. The van der Waals surface area contributed by atoms with Gasteiger partial charge in [-0.1, -0.05) is 19.1 Å². The van der Waals surface area contributed by atoms with Crippen LogP contribution >= 0.6 is 0 Å². The van der Waals surface area contributed by atoms with Crippen LogP contribution in [0.2, 0.25) is 0 Å². The van der Waals surface area contributed by atoms with Gasteiger partial charge in [-0.05, 0) is 43.2 Å². The van der Waals surface area contributed by atoms with Crippen molar-refractivity contribution in [3.05, 3.63) is 64.5 Å². The summed E-state index contributed by atoms with van der Waals surface area (Å²) in [6.07, 6.45) is 0.942. The van der Waals surface area contributed by atoms with E-state index in [2.05, 4.69) is 22.5 Å². The molecule has 0 aromatic heterocycles. The molecular weight excluding hydrogens is 343 g/mol. The van der Waals surface area contributed by atoms with Gasteiger partial charge in [-0.25, -0.2) is 4.39 Å². The Bertz CT molecular complexity index is 843. The van der Waals surface area contributed by atoms with Crippen molar-refractivity contribution in [1.29, 1.82) is 5.26 Å². The van der Waals surface area contributed by atoms with Gasteiger partial charge in [-0.2, -0.15) is 5.26 Å². The molecule has 5 nitrogen and oxygen atoms in total. The average Bonchev–Trinajstić information content (AvgIpc) is 2.68. The molecule has 0 bridgehead atoms. The zero-order valence-electron chi connectivity index (χ0n) is 16.0. The van der Waals surface area contributed by atoms with Gasteiger partial charge in [0.05, 0.1) is 18.2 Å². The number of halogens is 1.